The lowest BCUT2D eigenvalue weighted by Gasteiger charge is -2.52. The van der Waals surface area contributed by atoms with E-state index in [1.165, 1.54) is 0 Å². The van der Waals surface area contributed by atoms with Gasteiger partial charge in [0.2, 0.25) is 11.8 Å². The summed E-state index contributed by atoms with van der Waals surface area (Å²) in [5.41, 5.74) is 4.28. The minimum Gasteiger partial charge on any atom is -0.392 e. The molecule has 0 atom stereocenters. The average Bonchev–Trinajstić information content (AvgIpc) is 2.31. The van der Waals surface area contributed by atoms with E-state index in [9.17, 15) is 9.59 Å². The molecule has 0 aromatic rings. The molecule has 112 valence electrons. The van der Waals surface area contributed by atoms with Gasteiger partial charge in [-0.25, -0.2) is 0 Å². The van der Waals surface area contributed by atoms with E-state index in [2.05, 4.69) is 6.92 Å². The second-order valence-electron chi connectivity index (χ2n) is 6.70. The smallest absolute Gasteiger partial charge is 0.247 e. The van der Waals surface area contributed by atoms with Crippen LogP contribution in [0.1, 0.15) is 33.6 Å². The van der Waals surface area contributed by atoms with Crippen molar-refractivity contribution in [1.29, 1.82) is 0 Å². The lowest BCUT2D eigenvalue weighted by molar-refractivity contribution is -0.164. The Kier molecular flexibility index (Phi) is 3.57. The molecule has 2 amide bonds. The maximum Gasteiger partial charge on any atom is 0.247 e. The van der Waals surface area contributed by atoms with E-state index < -0.39 is 11.0 Å². The highest BCUT2D eigenvalue weighted by Crippen LogP contribution is 2.48. The van der Waals surface area contributed by atoms with Crippen LogP contribution >= 0.6 is 12.2 Å². The molecule has 6 heteroatoms. The number of hydrogen-bond donors (Lipinski definition) is 1. The van der Waals surface area contributed by atoms with E-state index in [-0.39, 0.29) is 16.8 Å². The van der Waals surface area contributed by atoms with Gasteiger partial charge in [-0.3, -0.25) is 9.59 Å². The standard InChI is InChI=1S/C14H23N3O2S/c1-9-7-14(8-9,10(15)20)12(19)17-6-5-16(4)11(18)13(17,2)3/h9H,5-8H2,1-4H3,(H2,15,20). The van der Waals surface area contributed by atoms with Gasteiger partial charge in [0.1, 0.15) is 5.54 Å². The van der Waals surface area contributed by atoms with E-state index in [0.29, 0.717) is 31.8 Å². The lowest BCUT2D eigenvalue weighted by Crippen LogP contribution is -2.68. The maximum atomic E-state index is 12.9. The zero-order chi connectivity index (χ0) is 15.3. The number of nitrogens with zero attached hydrogens (tertiary/aromatic N) is 2. The SMILES string of the molecule is CC1CC(C(=O)N2CCN(C)C(=O)C2(C)C)(C(N)=S)C1. The third kappa shape index (κ3) is 2.01. The fraction of sp³-hybridized carbons (Fsp3) is 0.786. The van der Waals surface area contributed by atoms with Gasteiger partial charge in [0.05, 0.1) is 10.4 Å². The first-order valence-electron chi connectivity index (χ1n) is 7.00. The largest absolute Gasteiger partial charge is 0.392 e. The molecule has 2 aliphatic rings. The van der Waals surface area contributed by atoms with Crippen LogP contribution in [0.4, 0.5) is 0 Å². The summed E-state index contributed by atoms with van der Waals surface area (Å²) in [6, 6.07) is 0. The maximum absolute atomic E-state index is 12.9. The predicted molar refractivity (Wildman–Crippen MR) is 81.0 cm³/mol. The zero-order valence-electron chi connectivity index (χ0n) is 12.6. The van der Waals surface area contributed by atoms with Crippen LogP contribution in [0.15, 0.2) is 0 Å². The van der Waals surface area contributed by atoms with Crippen LogP contribution in [0.3, 0.4) is 0 Å². The quantitative estimate of drug-likeness (QED) is 0.765. The Morgan fingerprint density at radius 1 is 1.35 bits per heavy atom. The number of carbonyl (C=O) groups excluding carboxylic acids is 2. The Balaban J connectivity index is 2.29. The number of hydrogen-bond acceptors (Lipinski definition) is 3. The van der Waals surface area contributed by atoms with Crippen molar-refractivity contribution in [3.05, 3.63) is 0 Å². The molecule has 0 spiro atoms. The highest BCUT2D eigenvalue weighted by molar-refractivity contribution is 7.80. The van der Waals surface area contributed by atoms with E-state index in [4.69, 9.17) is 18.0 Å². The molecular formula is C14H23N3O2S. The second kappa shape index (κ2) is 4.69. The second-order valence-corrected chi connectivity index (χ2v) is 7.14. The van der Waals surface area contributed by atoms with Crippen molar-refractivity contribution in [2.24, 2.45) is 17.1 Å². The van der Waals surface area contributed by atoms with Gasteiger partial charge in [-0.2, -0.15) is 0 Å². The number of carbonyl (C=O) groups is 2. The van der Waals surface area contributed by atoms with E-state index >= 15 is 0 Å². The summed E-state index contributed by atoms with van der Waals surface area (Å²) >= 11 is 5.14. The van der Waals surface area contributed by atoms with E-state index in [1.54, 1.807) is 30.7 Å². The first-order valence-corrected chi connectivity index (χ1v) is 7.41. The molecule has 2 N–H and O–H groups in total. The molecule has 2 rings (SSSR count). The topological polar surface area (TPSA) is 66.6 Å². The Morgan fingerprint density at radius 3 is 2.35 bits per heavy atom. The van der Waals surface area contributed by atoms with Crippen LogP contribution in [0.25, 0.3) is 0 Å². The summed E-state index contributed by atoms with van der Waals surface area (Å²) in [7, 11) is 1.76. The first kappa shape index (κ1) is 15.2. The molecular weight excluding hydrogens is 274 g/mol. The highest BCUT2D eigenvalue weighted by atomic mass is 32.1. The molecule has 0 aromatic heterocycles. The number of rotatable bonds is 2. The molecule has 1 saturated heterocycles. The lowest BCUT2D eigenvalue weighted by atomic mass is 9.61. The van der Waals surface area contributed by atoms with Crippen LogP contribution in [-0.2, 0) is 9.59 Å². The number of thiocarbonyl (C=S) groups is 1. The summed E-state index contributed by atoms with van der Waals surface area (Å²) in [5.74, 6) is 0.337. The van der Waals surface area contributed by atoms with Crippen molar-refractivity contribution in [1.82, 2.24) is 9.80 Å². The molecule has 2 fully saturated rings. The Hall–Kier alpha value is -1.17. The molecule has 1 saturated carbocycles. The summed E-state index contributed by atoms with van der Waals surface area (Å²) in [6.07, 6.45) is 1.38. The molecule has 0 aromatic carbocycles. The van der Waals surface area contributed by atoms with Gasteiger partial charge in [0, 0.05) is 20.1 Å². The third-order valence-corrected chi connectivity index (χ3v) is 5.11. The summed E-state index contributed by atoms with van der Waals surface area (Å²) < 4.78 is 0. The van der Waals surface area contributed by atoms with Gasteiger partial charge in [0.25, 0.3) is 0 Å². The molecule has 1 aliphatic heterocycles. The fourth-order valence-corrected chi connectivity index (χ4v) is 3.69. The van der Waals surface area contributed by atoms with E-state index in [1.807, 2.05) is 0 Å². The fourth-order valence-electron chi connectivity index (χ4n) is 3.44. The number of amides is 2. The predicted octanol–water partition coefficient (Wildman–Crippen LogP) is 0.768. The first-order chi connectivity index (χ1) is 9.13. The molecule has 0 unspecified atom stereocenters. The van der Waals surface area contributed by atoms with Crippen LogP contribution in [0, 0.1) is 11.3 Å². The molecule has 20 heavy (non-hydrogen) atoms. The monoisotopic (exact) mass is 297 g/mol. The van der Waals surface area contributed by atoms with Crippen LogP contribution in [-0.4, -0.2) is 52.3 Å². The minimum absolute atomic E-state index is 0.0393. The van der Waals surface area contributed by atoms with Crippen molar-refractivity contribution in [3.8, 4) is 0 Å². The van der Waals surface area contributed by atoms with Crippen molar-refractivity contribution < 1.29 is 9.59 Å². The van der Waals surface area contributed by atoms with E-state index in [0.717, 1.165) is 0 Å². The Morgan fingerprint density at radius 2 is 1.90 bits per heavy atom. The van der Waals surface area contributed by atoms with Crippen molar-refractivity contribution in [2.45, 2.75) is 39.2 Å². The minimum atomic E-state index is -0.833. The van der Waals surface area contributed by atoms with Crippen LogP contribution in [0.2, 0.25) is 0 Å². The summed E-state index contributed by atoms with van der Waals surface area (Å²) in [5, 5.41) is 0. The third-order valence-electron chi connectivity index (χ3n) is 4.72. The van der Waals surface area contributed by atoms with Crippen molar-refractivity contribution in [2.75, 3.05) is 20.1 Å². The molecule has 0 radical (unpaired) electrons. The molecule has 1 heterocycles. The van der Waals surface area contributed by atoms with Crippen molar-refractivity contribution >= 4 is 29.0 Å². The highest BCUT2D eigenvalue weighted by Gasteiger charge is 2.56. The molecule has 0 bridgehead atoms. The van der Waals surface area contributed by atoms with Gasteiger partial charge < -0.3 is 15.5 Å². The Labute approximate surface area is 125 Å². The van der Waals surface area contributed by atoms with Gasteiger partial charge in [0.15, 0.2) is 0 Å². The van der Waals surface area contributed by atoms with Crippen LogP contribution < -0.4 is 5.73 Å². The summed E-state index contributed by atoms with van der Waals surface area (Å²) in [4.78, 5) is 28.8. The summed E-state index contributed by atoms with van der Waals surface area (Å²) in [6.45, 7) is 6.75. The average molecular weight is 297 g/mol. The molecule has 1 aliphatic carbocycles. The number of nitrogens with two attached hydrogens (primary N) is 1. The van der Waals surface area contributed by atoms with Gasteiger partial charge in [-0.15, -0.1) is 0 Å². The molecule has 5 nitrogen and oxygen atoms in total. The Bertz CT molecular complexity index is 469. The van der Waals surface area contributed by atoms with Gasteiger partial charge in [-0.1, -0.05) is 19.1 Å². The van der Waals surface area contributed by atoms with Gasteiger partial charge >= 0.3 is 0 Å². The normalized spacial score (nSPS) is 32.8. The number of piperazine rings is 1. The van der Waals surface area contributed by atoms with Crippen molar-refractivity contribution in [3.63, 3.8) is 0 Å². The zero-order valence-corrected chi connectivity index (χ0v) is 13.4. The van der Waals surface area contributed by atoms with Gasteiger partial charge in [-0.05, 0) is 32.6 Å². The number of likely N-dealkylation sites (N-methyl/N-ethyl adjacent to an activating group) is 1. The van der Waals surface area contributed by atoms with Crippen LogP contribution in [0.5, 0.6) is 0 Å².